The van der Waals surface area contributed by atoms with Gasteiger partial charge in [-0.15, -0.1) is 0 Å². The maximum absolute atomic E-state index is 13.0. The lowest BCUT2D eigenvalue weighted by atomic mass is 10.1. The van der Waals surface area contributed by atoms with Crippen LogP contribution in [0.25, 0.3) is 10.8 Å². The van der Waals surface area contributed by atoms with E-state index in [0.29, 0.717) is 10.9 Å². The van der Waals surface area contributed by atoms with Gasteiger partial charge in [-0.25, -0.2) is 8.42 Å². The number of benzene rings is 3. The number of nitriles is 1. The van der Waals surface area contributed by atoms with Crippen LogP contribution < -0.4 is 0 Å². The number of hydrogen-bond donors (Lipinski definition) is 0. The Labute approximate surface area is 129 Å². The molecule has 0 bridgehead atoms. The van der Waals surface area contributed by atoms with Crippen LogP contribution in [0.5, 0.6) is 0 Å². The molecule has 0 spiro atoms. The van der Waals surface area contributed by atoms with Crippen LogP contribution in [0.4, 0.5) is 0 Å². The van der Waals surface area contributed by atoms with Crippen molar-refractivity contribution in [3.05, 3.63) is 71.8 Å². The summed E-state index contributed by atoms with van der Waals surface area (Å²) in [6.07, 6.45) is 0. The van der Waals surface area contributed by atoms with Gasteiger partial charge in [-0.3, -0.25) is 0 Å². The Morgan fingerprint density at radius 3 is 2.27 bits per heavy atom. The van der Waals surface area contributed by atoms with Crippen LogP contribution in [0, 0.1) is 18.3 Å². The topological polar surface area (TPSA) is 57.9 Å². The molecular formula is C18H13NO2S. The number of hydrogen-bond acceptors (Lipinski definition) is 3. The van der Waals surface area contributed by atoms with Crippen molar-refractivity contribution in [3.8, 4) is 6.07 Å². The van der Waals surface area contributed by atoms with Crippen molar-refractivity contribution >= 4 is 20.6 Å². The van der Waals surface area contributed by atoms with Gasteiger partial charge in [-0.2, -0.15) is 5.26 Å². The third-order valence-corrected chi connectivity index (χ3v) is 5.53. The van der Waals surface area contributed by atoms with Crippen molar-refractivity contribution in [2.45, 2.75) is 16.7 Å². The van der Waals surface area contributed by atoms with E-state index in [0.717, 1.165) is 5.39 Å². The smallest absolute Gasteiger partial charge is 0.208 e. The van der Waals surface area contributed by atoms with Crippen LogP contribution in [-0.4, -0.2) is 8.42 Å². The highest BCUT2D eigenvalue weighted by atomic mass is 32.2. The predicted octanol–water partition coefficient (Wildman–Crippen LogP) is 3.85. The van der Waals surface area contributed by atoms with Gasteiger partial charge in [0.1, 0.15) is 6.07 Å². The molecule has 0 radical (unpaired) electrons. The number of fused-ring (bicyclic) bond motifs is 1. The van der Waals surface area contributed by atoms with Gasteiger partial charge in [0.25, 0.3) is 0 Å². The Morgan fingerprint density at radius 1 is 0.864 bits per heavy atom. The minimum atomic E-state index is -3.75. The van der Waals surface area contributed by atoms with Gasteiger partial charge in [0.05, 0.1) is 15.4 Å². The highest BCUT2D eigenvalue weighted by molar-refractivity contribution is 7.91. The van der Waals surface area contributed by atoms with E-state index >= 15 is 0 Å². The molecule has 0 aliphatic heterocycles. The van der Waals surface area contributed by atoms with E-state index in [1.54, 1.807) is 37.3 Å². The van der Waals surface area contributed by atoms with Crippen LogP contribution in [0.1, 0.15) is 11.1 Å². The molecule has 0 aliphatic rings. The molecule has 0 saturated carbocycles. The zero-order chi connectivity index (χ0) is 15.7. The second-order valence-electron chi connectivity index (χ2n) is 5.04. The molecule has 0 saturated heterocycles. The van der Waals surface area contributed by atoms with Gasteiger partial charge in [0.2, 0.25) is 9.84 Å². The van der Waals surface area contributed by atoms with Gasteiger partial charge < -0.3 is 0 Å². The second kappa shape index (κ2) is 5.28. The zero-order valence-corrected chi connectivity index (χ0v) is 12.8. The lowest BCUT2D eigenvalue weighted by Gasteiger charge is -2.10. The Balaban J connectivity index is 2.36. The summed E-state index contributed by atoms with van der Waals surface area (Å²) in [5.41, 5.74) is 0.860. The molecule has 4 heteroatoms. The Bertz CT molecular complexity index is 1010. The van der Waals surface area contributed by atoms with Crippen molar-refractivity contribution in [3.63, 3.8) is 0 Å². The molecule has 0 atom stereocenters. The fourth-order valence-corrected chi connectivity index (χ4v) is 4.26. The number of nitrogens with zero attached hydrogens (tertiary/aromatic N) is 1. The van der Waals surface area contributed by atoms with Crippen LogP contribution in [-0.2, 0) is 9.84 Å². The summed E-state index contributed by atoms with van der Waals surface area (Å²) in [4.78, 5) is 0.291. The molecule has 0 unspecified atom stereocenters. The number of aryl methyl sites for hydroxylation is 1. The summed E-state index contributed by atoms with van der Waals surface area (Å²) in [6, 6.07) is 19.4. The molecule has 3 rings (SSSR count). The Kier molecular flexibility index (Phi) is 3.44. The monoisotopic (exact) mass is 307 g/mol. The van der Waals surface area contributed by atoms with Crippen molar-refractivity contribution in [2.75, 3.05) is 0 Å². The lowest BCUT2D eigenvalue weighted by molar-refractivity contribution is 0.596. The maximum atomic E-state index is 13.0. The maximum Gasteiger partial charge on any atom is 0.208 e. The molecule has 108 valence electrons. The lowest BCUT2D eigenvalue weighted by Crippen LogP contribution is -2.06. The fraction of sp³-hybridized carbons (Fsp3) is 0.0556. The molecule has 0 fully saturated rings. The molecule has 0 heterocycles. The third-order valence-electron chi connectivity index (χ3n) is 3.68. The van der Waals surface area contributed by atoms with Gasteiger partial charge in [0, 0.05) is 5.39 Å². The number of sulfone groups is 1. The first-order valence-electron chi connectivity index (χ1n) is 6.78. The van der Waals surface area contributed by atoms with Crippen LogP contribution in [0.3, 0.4) is 0 Å². The average molecular weight is 307 g/mol. The molecular weight excluding hydrogens is 294 g/mol. The summed E-state index contributed by atoms with van der Waals surface area (Å²) in [5, 5.41) is 10.8. The highest BCUT2D eigenvalue weighted by Gasteiger charge is 2.24. The van der Waals surface area contributed by atoms with Crippen LogP contribution in [0.15, 0.2) is 70.5 Å². The summed E-state index contributed by atoms with van der Waals surface area (Å²) in [7, 11) is -3.75. The summed E-state index contributed by atoms with van der Waals surface area (Å²) in [5.74, 6) is 0. The molecule has 0 amide bonds. The van der Waals surface area contributed by atoms with Gasteiger partial charge >= 0.3 is 0 Å². The highest BCUT2D eigenvalue weighted by Crippen LogP contribution is 2.30. The van der Waals surface area contributed by atoms with Crippen molar-refractivity contribution < 1.29 is 8.42 Å². The van der Waals surface area contributed by atoms with E-state index in [1.807, 2.05) is 30.3 Å². The SMILES string of the molecule is Cc1cccc(S(=O)(=O)c2cccc3ccccc23)c1C#N. The first-order valence-corrected chi connectivity index (χ1v) is 8.26. The normalized spacial score (nSPS) is 11.3. The third kappa shape index (κ3) is 2.16. The minimum Gasteiger partial charge on any atom is -0.218 e. The quantitative estimate of drug-likeness (QED) is 0.722. The van der Waals surface area contributed by atoms with E-state index < -0.39 is 9.84 Å². The molecule has 0 aliphatic carbocycles. The van der Waals surface area contributed by atoms with E-state index in [9.17, 15) is 13.7 Å². The van der Waals surface area contributed by atoms with E-state index in [-0.39, 0.29) is 15.4 Å². The standard InChI is InChI=1S/C18H13NO2S/c1-13-6-4-10-18(16(13)12-19)22(20,21)17-11-5-8-14-7-2-3-9-15(14)17/h2-11H,1H3. The second-order valence-corrected chi connectivity index (χ2v) is 6.93. The molecule has 22 heavy (non-hydrogen) atoms. The summed E-state index contributed by atoms with van der Waals surface area (Å²) < 4.78 is 26.1. The zero-order valence-electron chi connectivity index (χ0n) is 11.9. The summed E-state index contributed by atoms with van der Waals surface area (Å²) >= 11 is 0. The van der Waals surface area contributed by atoms with Gasteiger partial charge in [-0.05, 0) is 30.0 Å². The molecule has 3 aromatic rings. The predicted molar refractivity (Wildman–Crippen MR) is 85.3 cm³/mol. The largest absolute Gasteiger partial charge is 0.218 e. The van der Waals surface area contributed by atoms with Crippen LogP contribution in [0.2, 0.25) is 0 Å². The fourth-order valence-electron chi connectivity index (χ4n) is 2.56. The average Bonchev–Trinajstić information content (AvgIpc) is 2.54. The van der Waals surface area contributed by atoms with Crippen molar-refractivity contribution in [1.29, 1.82) is 5.26 Å². The number of rotatable bonds is 2. The van der Waals surface area contributed by atoms with Crippen molar-refractivity contribution in [2.24, 2.45) is 0 Å². The van der Waals surface area contributed by atoms with E-state index in [1.165, 1.54) is 6.07 Å². The van der Waals surface area contributed by atoms with Gasteiger partial charge in [0.15, 0.2) is 0 Å². The van der Waals surface area contributed by atoms with Crippen LogP contribution >= 0.6 is 0 Å². The summed E-state index contributed by atoms with van der Waals surface area (Å²) in [6.45, 7) is 1.74. The first kappa shape index (κ1) is 14.3. The minimum absolute atomic E-state index is 0.0614. The molecule has 0 aromatic heterocycles. The van der Waals surface area contributed by atoms with Crippen molar-refractivity contribution in [1.82, 2.24) is 0 Å². The molecule has 3 nitrogen and oxygen atoms in total. The molecule has 0 N–H and O–H groups in total. The van der Waals surface area contributed by atoms with E-state index in [4.69, 9.17) is 0 Å². The van der Waals surface area contributed by atoms with Gasteiger partial charge in [-0.1, -0.05) is 48.5 Å². The Morgan fingerprint density at radius 2 is 1.50 bits per heavy atom. The first-order chi connectivity index (χ1) is 10.6. The molecule has 3 aromatic carbocycles. The van der Waals surface area contributed by atoms with E-state index in [2.05, 4.69) is 0 Å². The Hall–Kier alpha value is -2.64.